The molecule has 0 aliphatic heterocycles. The second-order valence-electron chi connectivity index (χ2n) is 3.82. The van der Waals surface area contributed by atoms with E-state index in [1.54, 1.807) is 7.11 Å². The summed E-state index contributed by atoms with van der Waals surface area (Å²) in [6.07, 6.45) is 1.12. The number of anilines is 1. The highest BCUT2D eigenvalue weighted by molar-refractivity contribution is 5.46. The molecule has 1 N–H and O–H groups in total. The molecule has 1 atom stereocenters. The maximum Gasteiger partial charge on any atom is 0.119 e. The van der Waals surface area contributed by atoms with Crippen LogP contribution in [-0.2, 0) is 4.74 Å². The molecule has 1 rings (SSSR count). The zero-order valence-electron chi connectivity index (χ0n) is 10.3. The van der Waals surface area contributed by atoms with Crippen molar-refractivity contribution in [2.75, 3.05) is 25.6 Å². The second kappa shape index (κ2) is 7.12. The lowest BCUT2D eigenvalue weighted by atomic mass is 10.2. The van der Waals surface area contributed by atoms with Crippen LogP contribution < -0.4 is 10.1 Å². The van der Waals surface area contributed by atoms with E-state index >= 15 is 0 Å². The molecule has 0 saturated carbocycles. The first-order chi connectivity index (χ1) is 7.76. The average molecular weight is 223 g/mol. The molecule has 0 spiro atoms. The Kier molecular flexibility index (Phi) is 5.72. The highest BCUT2D eigenvalue weighted by Crippen LogP contribution is 2.16. The lowest BCUT2D eigenvalue weighted by molar-refractivity contribution is 0.146. The number of methoxy groups -OCH3 is 1. The van der Waals surface area contributed by atoms with Gasteiger partial charge in [0.25, 0.3) is 0 Å². The maximum absolute atomic E-state index is 5.48. The number of hydrogen-bond acceptors (Lipinski definition) is 3. The summed E-state index contributed by atoms with van der Waals surface area (Å²) in [6.45, 7) is 5.55. The first-order valence-corrected chi connectivity index (χ1v) is 5.74. The van der Waals surface area contributed by atoms with Crippen LogP contribution in [0.2, 0.25) is 0 Å². The van der Waals surface area contributed by atoms with Gasteiger partial charge in [0, 0.05) is 18.8 Å². The molecule has 16 heavy (non-hydrogen) atoms. The quantitative estimate of drug-likeness (QED) is 0.721. The molecule has 0 aliphatic carbocycles. The van der Waals surface area contributed by atoms with Crippen LogP contribution in [0.25, 0.3) is 0 Å². The predicted octanol–water partition coefficient (Wildman–Crippen LogP) is 2.92. The highest BCUT2D eigenvalue weighted by atomic mass is 16.5. The predicted molar refractivity (Wildman–Crippen MR) is 67.2 cm³/mol. The minimum Gasteiger partial charge on any atom is -0.491 e. The fourth-order valence-electron chi connectivity index (χ4n) is 1.28. The molecule has 0 radical (unpaired) electrons. The molecule has 3 heteroatoms. The van der Waals surface area contributed by atoms with Gasteiger partial charge in [0.1, 0.15) is 12.4 Å². The summed E-state index contributed by atoms with van der Waals surface area (Å²) in [4.78, 5) is 0. The van der Waals surface area contributed by atoms with E-state index in [9.17, 15) is 0 Å². The van der Waals surface area contributed by atoms with Gasteiger partial charge in [-0.2, -0.15) is 0 Å². The van der Waals surface area contributed by atoms with Crippen LogP contribution in [-0.4, -0.2) is 26.4 Å². The zero-order valence-corrected chi connectivity index (χ0v) is 10.3. The smallest absolute Gasteiger partial charge is 0.119 e. The van der Waals surface area contributed by atoms with Gasteiger partial charge in [0.2, 0.25) is 0 Å². The lowest BCUT2D eigenvalue weighted by Gasteiger charge is -2.13. The molecule has 0 saturated heterocycles. The van der Waals surface area contributed by atoms with Crippen LogP contribution >= 0.6 is 0 Å². The van der Waals surface area contributed by atoms with Crippen molar-refractivity contribution in [2.45, 2.75) is 26.3 Å². The number of hydrogen-bond donors (Lipinski definition) is 1. The minimum atomic E-state index is 0.500. The Morgan fingerprint density at radius 2 is 1.88 bits per heavy atom. The topological polar surface area (TPSA) is 30.5 Å². The molecule has 90 valence electrons. The van der Waals surface area contributed by atoms with Crippen LogP contribution in [0, 0.1) is 0 Å². The molecule has 3 nitrogen and oxygen atoms in total. The maximum atomic E-state index is 5.48. The van der Waals surface area contributed by atoms with E-state index < -0.39 is 0 Å². The molecular weight excluding hydrogens is 202 g/mol. The molecular formula is C13H21NO2. The van der Waals surface area contributed by atoms with Gasteiger partial charge in [-0.15, -0.1) is 0 Å². The third kappa shape index (κ3) is 4.53. The first-order valence-electron chi connectivity index (χ1n) is 5.74. The second-order valence-corrected chi connectivity index (χ2v) is 3.82. The van der Waals surface area contributed by atoms with Gasteiger partial charge in [0.05, 0.1) is 6.61 Å². The van der Waals surface area contributed by atoms with E-state index in [0.29, 0.717) is 19.3 Å². The van der Waals surface area contributed by atoms with Crippen molar-refractivity contribution in [3.05, 3.63) is 24.3 Å². The van der Waals surface area contributed by atoms with E-state index in [4.69, 9.17) is 9.47 Å². The largest absolute Gasteiger partial charge is 0.491 e. The van der Waals surface area contributed by atoms with Crippen molar-refractivity contribution in [3.8, 4) is 5.75 Å². The number of nitrogens with one attached hydrogen (secondary N) is 1. The minimum absolute atomic E-state index is 0.500. The Labute approximate surface area is 97.8 Å². The van der Waals surface area contributed by atoms with Gasteiger partial charge in [0.15, 0.2) is 0 Å². The van der Waals surface area contributed by atoms with Gasteiger partial charge in [-0.3, -0.25) is 0 Å². The summed E-state index contributed by atoms with van der Waals surface area (Å²) in [5, 5.41) is 3.41. The molecule has 1 aromatic carbocycles. The van der Waals surface area contributed by atoms with E-state index in [-0.39, 0.29) is 0 Å². The molecule has 0 aromatic heterocycles. The van der Waals surface area contributed by atoms with E-state index in [2.05, 4.69) is 19.2 Å². The van der Waals surface area contributed by atoms with Crippen LogP contribution in [0.15, 0.2) is 24.3 Å². The SMILES string of the molecule is CCC(C)Nc1ccc(OCCOC)cc1. The third-order valence-electron chi connectivity index (χ3n) is 2.44. The van der Waals surface area contributed by atoms with Gasteiger partial charge in [-0.25, -0.2) is 0 Å². The van der Waals surface area contributed by atoms with Crippen LogP contribution in [0.3, 0.4) is 0 Å². The Hall–Kier alpha value is -1.22. The molecule has 1 aromatic rings. The van der Waals surface area contributed by atoms with E-state index in [0.717, 1.165) is 17.9 Å². The van der Waals surface area contributed by atoms with Crippen molar-refractivity contribution in [3.63, 3.8) is 0 Å². The van der Waals surface area contributed by atoms with Crippen molar-refractivity contribution in [2.24, 2.45) is 0 Å². The summed E-state index contributed by atoms with van der Waals surface area (Å²) in [6, 6.07) is 8.52. The molecule has 0 fully saturated rings. The summed E-state index contributed by atoms with van der Waals surface area (Å²) in [5.74, 6) is 0.881. The summed E-state index contributed by atoms with van der Waals surface area (Å²) < 4.78 is 10.4. The number of ether oxygens (including phenoxy) is 2. The Balaban J connectivity index is 2.41. The molecule has 0 aliphatic rings. The lowest BCUT2D eigenvalue weighted by Crippen LogP contribution is -2.13. The molecule has 0 amide bonds. The van der Waals surface area contributed by atoms with Crippen molar-refractivity contribution < 1.29 is 9.47 Å². The zero-order chi connectivity index (χ0) is 11.8. The monoisotopic (exact) mass is 223 g/mol. The molecule has 0 bridgehead atoms. The summed E-state index contributed by atoms with van der Waals surface area (Å²) in [5.41, 5.74) is 1.13. The Bertz CT molecular complexity index is 284. The van der Waals surface area contributed by atoms with Crippen molar-refractivity contribution >= 4 is 5.69 Å². The van der Waals surface area contributed by atoms with Crippen molar-refractivity contribution in [1.82, 2.24) is 0 Å². The number of rotatable bonds is 7. The van der Waals surface area contributed by atoms with Crippen LogP contribution in [0.1, 0.15) is 20.3 Å². The van der Waals surface area contributed by atoms with E-state index in [1.165, 1.54) is 0 Å². The van der Waals surface area contributed by atoms with E-state index in [1.807, 2.05) is 24.3 Å². The number of benzene rings is 1. The van der Waals surface area contributed by atoms with Crippen LogP contribution in [0.4, 0.5) is 5.69 Å². The Morgan fingerprint density at radius 3 is 2.44 bits per heavy atom. The first kappa shape index (κ1) is 12.8. The summed E-state index contributed by atoms with van der Waals surface area (Å²) >= 11 is 0. The van der Waals surface area contributed by atoms with Gasteiger partial charge < -0.3 is 14.8 Å². The average Bonchev–Trinajstić information content (AvgIpc) is 2.31. The van der Waals surface area contributed by atoms with Crippen LogP contribution in [0.5, 0.6) is 5.75 Å². The van der Waals surface area contributed by atoms with Crippen molar-refractivity contribution in [1.29, 1.82) is 0 Å². The molecule has 1 unspecified atom stereocenters. The van der Waals surface area contributed by atoms with Gasteiger partial charge in [-0.1, -0.05) is 6.92 Å². The normalized spacial score (nSPS) is 12.2. The fourth-order valence-corrected chi connectivity index (χ4v) is 1.28. The standard InChI is InChI=1S/C13H21NO2/c1-4-11(2)14-12-5-7-13(8-6-12)16-10-9-15-3/h5-8,11,14H,4,9-10H2,1-3H3. The third-order valence-corrected chi connectivity index (χ3v) is 2.44. The summed E-state index contributed by atoms with van der Waals surface area (Å²) in [7, 11) is 1.67. The highest BCUT2D eigenvalue weighted by Gasteiger charge is 1.99. The fraction of sp³-hybridized carbons (Fsp3) is 0.538. The van der Waals surface area contributed by atoms with Gasteiger partial charge >= 0.3 is 0 Å². The molecule has 0 heterocycles. The van der Waals surface area contributed by atoms with Gasteiger partial charge in [-0.05, 0) is 37.6 Å². The Morgan fingerprint density at radius 1 is 1.19 bits per heavy atom.